The smallest absolute Gasteiger partial charge is 0.217 e. The lowest BCUT2D eigenvalue weighted by molar-refractivity contribution is -0.119. The Kier molecular flexibility index (Phi) is 3.24. The van der Waals surface area contributed by atoms with E-state index in [2.05, 4.69) is 21.3 Å². The number of amides is 1. The van der Waals surface area contributed by atoms with Crippen LogP contribution < -0.4 is 10.2 Å². The number of nitriles is 1. The molecule has 0 aliphatic carbocycles. The van der Waals surface area contributed by atoms with E-state index in [0.29, 0.717) is 5.56 Å². The summed E-state index contributed by atoms with van der Waals surface area (Å²) in [5, 5.41) is 11.9. The Hall–Kier alpha value is -2.09. The molecule has 0 saturated carbocycles. The highest BCUT2D eigenvalue weighted by molar-refractivity contribution is 5.73. The zero-order valence-corrected chi connectivity index (χ0v) is 9.68. The third kappa shape index (κ3) is 2.53. The summed E-state index contributed by atoms with van der Waals surface area (Å²) in [4.78, 5) is 17.1. The molecule has 1 unspecified atom stereocenters. The highest BCUT2D eigenvalue weighted by atomic mass is 16.1. The summed E-state index contributed by atoms with van der Waals surface area (Å²) in [5.74, 6) is -0.0106. The van der Waals surface area contributed by atoms with E-state index < -0.39 is 0 Å². The first-order valence-electron chi connectivity index (χ1n) is 5.57. The maximum Gasteiger partial charge on any atom is 0.217 e. The van der Waals surface area contributed by atoms with Crippen molar-refractivity contribution in [1.29, 1.82) is 5.26 Å². The minimum absolute atomic E-state index is 0.0106. The maximum atomic E-state index is 11.0. The van der Waals surface area contributed by atoms with Gasteiger partial charge in [0, 0.05) is 32.3 Å². The Morgan fingerprint density at radius 3 is 3.24 bits per heavy atom. The Balaban J connectivity index is 2.10. The summed E-state index contributed by atoms with van der Waals surface area (Å²) in [7, 11) is 0. The number of nitrogens with zero attached hydrogens (tertiary/aromatic N) is 3. The van der Waals surface area contributed by atoms with Crippen molar-refractivity contribution in [2.75, 3.05) is 18.0 Å². The van der Waals surface area contributed by atoms with Crippen LogP contribution in [0.2, 0.25) is 0 Å². The van der Waals surface area contributed by atoms with Gasteiger partial charge in [0.15, 0.2) is 0 Å². The maximum absolute atomic E-state index is 11.0. The van der Waals surface area contributed by atoms with Crippen molar-refractivity contribution in [1.82, 2.24) is 10.3 Å². The fourth-order valence-electron chi connectivity index (χ4n) is 2.12. The predicted molar refractivity (Wildman–Crippen MR) is 63.4 cm³/mol. The van der Waals surface area contributed by atoms with Crippen LogP contribution in [0.5, 0.6) is 0 Å². The van der Waals surface area contributed by atoms with Gasteiger partial charge in [-0.3, -0.25) is 9.78 Å². The second kappa shape index (κ2) is 4.83. The van der Waals surface area contributed by atoms with Gasteiger partial charge in [0.2, 0.25) is 5.91 Å². The Morgan fingerprint density at radius 2 is 2.53 bits per heavy atom. The van der Waals surface area contributed by atoms with Gasteiger partial charge in [-0.05, 0) is 12.5 Å². The number of anilines is 1. The van der Waals surface area contributed by atoms with Crippen LogP contribution in [0.1, 0.15) is 18.9 Å². The summed E-state index contributed by atoms with van der Waals surface area (Å²) < 4.78 is 0. The SMILES string of the molecule is CC(=O)NC1CCN(c2cnccc2C#N)C1. The Bertz CT molecular complexity index is 466. The molecule has 0 aromatic carbocycles. The fraction of sp³-hybridized carbons (Fsp3) is 0.417. The first-order valence-corrected chi connectivity index (χ1v) is 5.57. The highest BCUT2D eigenvalue weighted by Gasteiger charge is 2.24. The van der Waals surface area contributed by atoms with Gasteiger partial charge in [-0.1, -0.05) is 0 Å². The third-order valence-corrected chi connectivity index (χ3v) is 2.86. The molecule has 17 heavy (non-hydrogen) atoms. The van der Waals surface area contributed by atoms with Gasteiger partial charge in [-0.15, -0.1) is 0 Å². The van der Waals surface area contributed by atoms with Crippen molar-refractivity contribution < 1.29 is 4.79 Å². The van der Waals surface area contributed by atoms with Gasteiger partial charge in [0.05, 0.1) is 17.4 Å². The lowest BCUT2D eigenvalue weighted by Crippen LogP contribution is -2.35. The first kappa shape index (κ1) is 11.4. The molecule has 1 aromatic rings. The van der Waals surface area contributed by atoms with Crippen molar-refractivity contribution in [2.24, 2.45) is 0 Å². The van der Waals surface area contributed by atoms with Crippen LogP contribution >= 0.6 is 0 Å². The number of hydrogen-bond donors (Lipinski definition) is 1. The zero-order chi connectivity index (χ0) is 12.3. The van der Waals surface area contributed by atoms with Crippen molar-refractivity contribution in [3.05, 3.63) is 24.0 Å². The molecular formula is C12H14N4O. The van der Waals surface area contributed by atoms with Crippen LogP contribution in [0.4, 0.5) is 5.69 Å². The number of rotatable bonds is 2. The van der Waals surface area contributed by atoms with E-state index in [9.17, 15) is 4.79 Å². The third-order valence-electron chi connectivity index (χ3n) is 2.86. The fourth-order valence-corrected chi connectivity index (χ4v) is 2.12. The van der Waals surface area contributed by atoms with Crippen molar-refractivity contribution in [3.63, 3.8) is 0 Å². The Morgan fingerprint density at radius 1 is 1.71 bits per heavy atom. The number of carbonyl (C=O) groups is 1. The molecule has 1 atom stereocenters. The largest absolute Gasteiger partial charge is 0.367 e. The van der Waals surface area contributed by atoms with Crippen molar-refractivity contribution in [2.45, 2.75) is 19.4 Å². The summed E-state index contributed by atoms with van der Waals surface area (Å²) in [5.41, 5.74) is 1.48. The van der Waals surface area contributed by atoms with Gasteiger partial charge >= 0.3 is 0 Å². The highest BCUT2D eigenvalue weighted by Crippen LogP contribution is 2.22. The Labute approximate surface area is 100 Å². The second-order valence-electron chi connectivity index (χ2n) is 4.14. The molecule has 1 aliphatic rings. The minimum Gasteiger partial charge on any atom is -0.367 e. The molecule has 0 bridgehead atoms. The number of aromatic nitrogens is 1. The molecule has 5 heteroatoms. The normalized spacial score (nSPS) is 18.8. The molecule has 0 radical (unpaired) electrons. The van der Waals surface area contributed by atoms with Gasteiger partial charge < -0.3 is 10.2 Å². The molecule has 1 aromatic heterocycles. The average molecular weight is 230 g/mol. The number of hydrogen-bond acceptors (Lipinski definition) is 4. The van der Waals surface area contributed by atoms with Crippen LogP contribution in [-0.2, 0) is 4.79 Å². The first-order chi connectivity index (χ1) is 8.20. The molecule has 5 nitrogen and oxygen atoms in total. The zero-order valence-electron chi connectivity index (χ0n) is 9.68. The minimum atomic E-state index is -0.0106. The summed E-state index contributed by atoms with van der Waals surface area (Å²) in [6.07, 6.45) is 4.22. The van der Waals surface area contributed by atoms with Gasteiger partial charge in [-0.25, -0.2) is 0 Å². The molecule has 88 valence electrons. The topological polar surface area (TPSA) is 69.0 Å². The molecule has 1 fully saturated rings. The van der Waals surface area contributed by atoms with Crippen LogP contribution in [0, 0.1) is 11.3 Å². The van der Waals surface area contributed by atoms with E-state index in [1.54, 1.807) is 18.5 Å². The summed E-state index contributed by atoms with van der Waals surface area (Å²) in [6, 6.07) is 4.03. The molecule has 0 spiro atoms. The second-order valence-corrected chi connectivity index (χ2v) is 4.14. The molecule has 1 N–H and O–H groups in total. The number of carbonyl (C=O) groups excluding carboxylic acids is 1. The molecular weight excluding hydrogens is 216 g/mol. The molecule has 1 saturated heterocycles. The lowest BCUT2D eigenvalue weighted by Gasteiger charge is -2.19. The number of pyridine rings is 1. The van der Waals surface area contributed by atoms with Gasteiger partial charge in [-0.2, -0.15) is 5.26 Å². The van der Waals surface area contributed by atoms with Crippen LogP contribution in [0.3, 0.4) is 0 Å². The van der Waals surface area contributed by atoms with Gasteiger partial charge in [0.1, 0.15) is 6.07 Å². The standard InChI is InChI=1S/C12H14N4O/c1-9(17)15-11-3-5-16(8-11)12-7-14-4-2-10(12)6-13/h2,4,7,11H,3,5,8H2,1H3,(H,15,17). The van der Waals surface area contributed by atoms with E-state index in [1.807, 2.05) is 0 Å². The molecule has 2 rings (SSSR count). The predicted octanol–water partition coefficient (Wildman–Crippen LogP) is 0.668. The van der Waals surface area contributed by atoms with E-state index in [0.717, 1.165) is 25.2 Å². The van der Waals surface area contributed by atoms with Crippen molar-refractivity contribution >= 4 is 11.6 Å². The molecule has 1 amide bonds. The van der Waals surface area contributed by atoms with Crippen LogP contribution in [0.15, 0.2) is 18.5 Å². The van der Waals surface area contributed by atoms with E-state index in [1.165, 1.54) is 6.92 Å². The van der Waals surface area contributed by atoms with Crippen LogP contribution in [-0.4, -0.2) is 30.0 Å². The van der Waals surface area contributed by atoms with Crippen LogP contribution in [0.25, 0.3) is 0 Å². The van der Waals surface area contributed by atoms with Crippen molar-refractivity contribution in [3.8, 4) is 6.07 Å². The van der Waals surface area contributed by atoms with E-state index >= 15 is 0 Å². The summed E-state index contributed by atoms with van der Waals surface area (Å²) >= 11 is 0. The molecule has 2 heterocycles. The number of nitrogens with one attached hydrogen (secondary N) is 1. The average Bonchev–Trinajstić information content (AvgIpc) is 2.76. The lowest BCUT2D eigenvalue weighted by atomic mass is 10.2. The van der Waals surface area contributed by atoms with E-state index in [-0.39, 0.29) is 11.9 Å². The van der Waals surface area contributed by atoms with Gasteiger partial charge in [0.25, 0.3) is 0 Å². The quantitative estimate of drug-likeness (QED) is 0.810. The summed E-state index contributed by atoms with van der Waals surface area (Å²) in [6.45, 7) is 3.10. The van der Waals surface area contributed by atoms with E-state index in [4.69, 9.17) is 5.26 Å². The monoisotopic (exact) mass is 230 g/mol. The molecule has 1 aliphatic heterocycles.